The molecule has 0 atom stereocenters. The van der Waals surface area contributed by atoms with Crippen molar-refractivity contribution in [1.29, 1.82) is 0 Å². The molecule has 1 saturated carbocycles. The van der Waals surface area contributed by atoms with E-state index in [1.807, 2.05) is 13.0 Å². The summed E-state index contributed by atoms with van der Waals surface area (Å²) in [6, 6.07) is 5.15. The molecule has 1 aliphatic rings. The molecule has 1 aliphatic carbocycles. The quantitative estimate of drug-likeness (QED) is 0.424. The minimum Gasteiger partial charge on any atom is -0.379 e. The first-order valence-electron chi connectivity index (χ1n) is 7.29. The van der Waals surface area contributed by atoms with Crippen molar-refractivity contribution in [3.8, 4) is 0 Å². The molecule has 5 nitrogen and oxygen atoms in total. The van der Waals surface area contributed by atoms with Crippen molar-refractivity contribution in [2.75, 3.05) is 18.5 Å². The SMILES string of the molecule is CCCNc1cc(COCCC2CC2)ccc1[N+](=O)[O-]. The smallest absolute Gasteiger partial charge is 0.292 e. The average Bonchev–Trinajstić information content (AvgIpc) is 3.25. The first-order chi connectivity index (χ1) is 9.70. The monoisotopic (exact) mass is 278 g/mol. The summed E-state index contributed by atoms with van der Waals surface area (Å²) in [6.07, 6.45) is 4.74. The Hall–Kier alpha value is -1.62. The second-order valence-corrected chi connectivity index (χ2v) is 5.32. The third-order valence-electron chi connectivity index (χ3n) is 3.46. The van der Waals surface area contributed by atoms with E-state index in [2.05, 4.69) is 5.32 Å². The molecule has 0 unspecified atom stereocenters. The van der Waals surface area contributed by atoms with E-state index < -0.39 is 0 Å². The van der Waals surface area contributed by atoms with Gasteiger partial charge in [0.25, 0.3) is 5.69 Å². The summed E-state index contributed by atoms with van der Waals surface area (Å²) in [4.78, 5) is 10.6. The molecule has 2 rings (SSSR count). The summed E-state index contributed by atoms with van der Waals surface area (Å²) in [6.45, 7) is 4.06. The Morgan fingerprint density at radius 2 is 2.25 bits per heavy atom. The maximum absolute atomic E-state index is 11.0. The van der Waals surface area contributed by atoms with E-state index in [-0.39, 0.29) is 10.6 Å². The normalized spacial score (nSPS) is 14.2. The Labute approximate surface area is 119 Å². The third-order valence-corrected chi connectivity index (χ3v) is 3.46. The van der Waals surface area contributed by atoms with E-state index in [1.165, 1.54) is 12.8 Å². The first-order valence-corrected chi connectivity index (χ1v) is 7.29. The van der Waals surface area contributed by atoms with Crippen LogP contribution in [0.15, 0.2) is 18.2 Å². The van der Waals surface area contributed by atoms with Crippen LogP contribution in [-0.4, -0.2) is 18.1 Å². The fraction of sp³-hybridized carbons (Fsp3) is 0.600. The van der Waals surface area contributed by atoms with Crippen LogP contribution in [-0.2, 0) is 11.3 Å². The molecule has 0 heterocycles. The van der Waals surface area contributed by atoms with Gasteiger partial charge in [0.05, 0.1) is 11.5 Å². The molecule has 1 fully saturated rings. The lowest BCUT2D eigenvalue weighted by Gasteiger charge is -2.09. The average molecular weight is 278 g/mol. The van der Waals surface area contributed by atoms with Gasteiger partial charge in [0, 0.05) is 19.2 Å². The molecule has 0 amide bonds. The van der Waals surface area contributed by atoms with Crippen molar-refractivity contribution in [3.63, 3.8) is 0 Å². The molecule has 1 aromatic carbocycles. The highest BCUT2D eigenvalue weighted by Gasteiger charge is 2.20. The number of nitro benzene ring substituents is 1. The molecular formula is C15H22N2O3. The largest absolute Gasteiger partial charge is 0.379 e. The van der Waals surface area contributed by atoms with Gasteiger partial charge in [-0.2, -0.15) is 0 Å². The van der Waals surface area contributed by atoms with Crippen LogP contribution < -0.4 is 5.32 Å². The molecule has 1 N–H and O–H groups in total. The van der Waals surface area contributed by atoms with Crippen molar-refractivity contribution >= 4 is 11.4 Å². The van der Waals surface area contributed by atoms with Gasteiger partial charge >= 0.3 is 0 Å². The zero-order valence-corrected chi connectivity index (χ0v) is 11.9. The first kappa shape index (κ1) is 14.8. The predicted octanol–water partition coefficient (Wildman–Crippen LogP) is 3.73. The van der Waals surface area contributed by atoms with Crippen LogP contribution >= 0.6 is 0 Å². The molecule has 1 aromatic rings. The van der Waals surface area contributed by atoms with Gasteiger partial charge in [0.2, 0.25) is 0 Å². The van der Waals surface area contributed by atoms with Crippen LogP contribution in [0.2, 0.25) is 0 Å². The highest BCUT2D eigenvalue weighted by atomic mass is 16.6. The van der Waals surface area contributed by atoms with E-state index in [9.17, 15) is 10.1 Å². The van der Waals surface area contributed by atoms with Crippen LogP contribution in [0.5, 0.6) is 0 Å². The maximum Gasteiger partial charge on any atom is 0.292 e. The molecule has 0 radical (unpaired) electrons. The molecule has 5 heteroatoms. The highest BCUT2D eigenvalue weighted by Crippen LogP contribution is 2.32. The van der Waals surface area contributed by atoms with E-state index in [4.69, 9.17) is 4.74 Å². The molecule has 0 bridgehead atoms. The predicted molar refractivity (Wildman–Crippen MR) is 78.9 cm³/mol. The van der Waals surface area contributed by atoms with Gasteiger partial charge in [-0.3, -0.25) is 10.1 Å². The summed E-state index contributed by atoms with van der Waals surface area (Å²) < 4.78 is 5.63. The number of hydrogen-bond acceptors (Lipinski definition) is 4. The lowest BCUT2D eigenvalue weighted by molar-refractivity contribution is -0.384. The van der Waals surface area contributed by atoms with E-state index in [1.54, 1.807) is 12.1 Å². The maximum atomic E-state index is 11.0. The van der Waals surface area contributed by atoms with Gasteiger partial charge in [-0.1, -0.05) is 19.8 Å². The summed E-state index contributed by atoms with van der Waals surface area (Å²) in [7, 11) is 0. The lowest BCUT2D eigenvalue weighted by Crippen LogP contribution is -2.04. The van der Waals surface area contributed by atoms with Crippen LogP contribution in [0, 0.1) is 16.0 Å². The number of hydrogen-bond donors (Lipinski definition) is 1. The topological polar surface area (TPSA) is 64.4 Å². The van der Waals surface area contributed by atoms with E-state index >= 15 is 0 Å². The fourth-order valence-electron chi connectivity index (χ4n) is 2.08. The summed E-state index contributed by atoms with van der Waals surface area (Å²) in [5.74, 6) is 0.869. The Balaban J connectivity index is 1.92. The van der Waals surface area contributed by atoms with E-state index in [0.717, 1.165) is 37.5 Å². The minimum atomic E-state index is -0.351. The van der Waals surface area contributed by atoms with Crippen molar-refractivity contribution in [1.82, 2.24) is 0 Å². The molecule has 0 aliphatic heterocycles. The molecule has 20 heavy (non-hydrogen) atoms. The summed E-state index contributed by atoms with van der Waals surface area (Å²) in [5, 5.41) is 14.1. The Kier molecular flexibility index (Phi) is 5.35. The number of benzene rings is 1. The minimum absolute atomic E-state index is 0.125. The van der Waals surface area contributed by atoms with Gasteiger partial charge in [-0.25, -0.2) is 0 Å². The van der Waals surface area contributed by atoms with Crippen molar-refractivity contribution in [3.05, 3.63) is 33.9 Å². The molecular weight excluding hydrogens is 256 g/mol. The second kappa shape index (κ2) is 7.24. The Morgan fingerprint density at radius 1 is 1.45 bits per heavy atom. The van der Waals surface area contributed by atoms with Crippen molar-refractivity contribution in [2.45, 2.75) is 39.2 Å². The number of ether oxygens (including phenoxy) is 1. The molecule has 0 saturated heterocycles. The van der Waals surface area contributed by atoms with E-state index in [0.29, 0.717) is 12.3 Å². The van der Waals surface area contributed by atoms with Crippen LogP contribution in [0.4, 0.5) is 11.4 Å². The van der Waals surface area contributed by atoms with Crippen LogP contribution in [0.3, 0.4) is 0 Å². The van der Waals surface area contributed by atoms with Gasteiger partial charge < -0.3 is 10.1 Å². The summed E-state index contributed by atoms with van der Waals surface area (Å²) in [5.41, 5.74) is 1.69. The molecule has 110 valence electrons. The zero-order chi connectivity index (χ0) is 14.4. The van der Waals surface area contributed by atoms with Gasteiger partial charge in [-0.05, 0) is 36.5 Å². The number of nitrogens with zero attached hydrogens (tertiary/aromatic N) is 1. The zero-order valence-electron chi connectivity index (χ0n) is 11.9. The van der Waals surface area contributed by atoms with Crippen molar-refractivity contribution in [2.24, 2.45) is 5.92 Å². The highest BCUT2D eigenvalue weighted by molar-refractivity contribution is 5.62. The van der Waals surface area contributed by atoms with Gasteiger partial charge in [0.15, 0.2) is 0 Å². The second-order valence-electron chi connectivity index (χ2n) is 5.32. The fourth-order valence-corrected chi connectivity index (χ4v) is 2.08. The Morgan fingerprint density at radius 3 is 2.90 bits per heavy atom. The number of nitro groups is 1. The van der Waals surface area contributed by atoms with Crippen molar-refractivity contribution < 1.29 is 9.66 Å². The number of nitrogens with one attached hydrogen (secondary N) is 1. The van der Waals surface area contributed by atoms with Crippen LogP contribution in [0.1, 0.15) is 38.2 Å². The number of rotatable bonds is 9. The van der Waals surface area contributed by atoms with Gasteiger partial charge in [0.1, 0.15) is 5.69 Å². The van der Waals surface area contributed by atoms with Gasteiger partial charge in [-0.15, -0.1) is 0 Å². The Bertz CT molecular complexity index is 458. The van der Waals surface area contributed by atoms with Crippen LogP contribution in [0.25, 0.3) is 0 Å². The summed E-state index contributed by atoms with van der Waals surface area (Å²) >= 11 is 0. The number of anilines is 1. The molecule has 0 spiro atoms. The third kappa shape index (κ3) is 4.49. The lowest BCUT2D eigenvalue weighted by atomic mass is 10.1. The molecule has 0 aromatic heterocycles. The standard InChI is InChI=1S/C15H22N2O3/c1-2-8-16-14-10-13(5-6-15(14)17(18)19)11-20-9-7-12-3-4-12/h5-6,10,12,16H,2-4,7-9,11H2,1H3.